The number of nitro groups is 1. The number of rotatable bonds is 2. The molecule has 0 spiro atoms. The fraction of sp³-hybridized carbons (Fsp3) is 0. The Hall–Kier alpha value is -3.72. The molecule has 0 aliphatic heterocycles. The molecule has 2 aromatic rings. The average Bonchev–Trinajstić information content (AvgIpc) is 2.45. The molecular weight excluding hydrogens is 274 g/mol. The molecule has 0 fully saturated rings. The van der Waals surface area contributed by atoms with Crippen molar-refractivity contribution in [1.29, 1.82) is 10.5 Å². The molecule has 0 radical (unpaired) electrons. The summed E-state index contributed by atoms with van der Waals surface area (Å²) >= 11 is 0. The molecule has 0 amide bonds. The first-order chi connectivity index (χ1) is 9.99. The van der Waals surface area contributed by atoms with Crippen LogP contribution < -0.4 is 11.5 Å². The van der Waals surface area contributed by atoms with Gasteiger partial charge in [-0.25, -0.2) is 4.98 Å². The lowest BCUT2D eigenvalue weighted by molar-refractivity contribution is -0.384. The fourth-order valence-electron chi connectivity index (χ4n) is 1.82. The third-order valence-corrected chi connectivity index (χ3v) is 2.66. The minimum absolute atomic E-state index is 0.0172. The molecule has 2 rings (SSSR count). The first kappa shape index (κ1) is 13.7. The summed E-state index contributed by atoms with van der Waals surface area (Å²) in [6, 6.07) is 7.60. The van der Waals surface area contributed by atoms with Gasteiger partial charge in [-0.1, -0.05) is 6.07 Å². The van der Waals surface area contributed by atoms with E-state index in [2.05, 4.69) is 9.97 Å². The van der Waals surface area contributed by atoms with Crippen LogP contribution in [0.2, 0.25) is 0 Å². The summed E-state index contributed by atoms with van der Waals surface area (Å²) in [5.41, 5.74) is 10.2. The van der Waals surface area contributed by atoms with Crippen molar-refractivity contribution in [2.45, 2.75) is 0 Å². The van der Waals surface area contributed by atoms with Crippen LogP contribution in [0, 0.1) is 32.8 Å². The molecule has 21 heavy (non-hydrogen) atoms. The van der Waals surface area contributed by atoms with E-state index in [0.717, 1.165) is 0 Å². The standard InChI is InChI=1S/C12H7N7O2/c13-4-6-2-1-3-7(10(6)19(20)21)9-8(5-14)11(15)18-12(16)17-9/h1-3H,(H4,15,16,17,18). The van der Waals surface area contributed by atoms with E-state index >= 15 is 0 Å². The van der Waals surface area contributed by atoms with E-state index < -0.39 is 10.6 Å². The topological polar surface area (TPSA) is 169 Å². The maximum atomic E-state index is 11.2. The Balaban J connectivity index is 2.90. The number of nitriles is 2. The van der Waals surface area contributed by atoms with E-state index in [1.54, 1.807) is 12.1 Å². The molecule has 0 saturated carbocycles. The number of anilines is 2. The van der Waals surface area contributed by atoms with Crippen molar-refractivity contribution in [1.82, 2.24) is 9.97 Å². The van der Waals surface area contributed by atoms with Crippen LogP contribution in [-0.4, -0.2) is 14.9 Å². The Bertz CT molecular complexity index is 833. The lowest BCUT2D eigenvalue weighted by atomic mass is 10.0. The molecule has 102 valence electrons. The van der Waals surface area contributed by atoms with E-state index in [-0.39, 0.29) is 34.2 Å². The summed E-state index contributed by atoms with van der Waals surface area (Å²) in [7, 11) is 0. The van der Waals surface area contributed by atoms with Crippen LogP contribution in [0.1, 0.15) is 11.1 Å². The maximum absolute atomic E-state index is 11.2. The van der Waals surface area contributed by atoms with Gasteiger partial charge in [-0.2, -0.15) is 15.5 Å². The molecule has 4 N–H and O–H groups in total. The molecule has 9 nitrogen and oxygen atoms in total. The Morgan fingerprint density at radius 2 is 1.90 bits per heavy atom. The number of para-hydroxylation sites is 1. The second-order valence-electron chi connectivity index (χ2n) is 3.87. The number of hydrogen-bond acceptors (Lipinski definition) is 8. The normalized spacial score (nSPS) is 9.62. The fourth-order valence-corrected chi connectivity index (χ4v) is 1.82. The van der Waals surface area contributed by atoms with Crippen molar-refractivity contribution in [2.24, 2.45) is 0 Å². The Kier molecular flexibility index (Phi) is 3.33. The molecule has 1 aromatic heterocycles. The Labute approximate surface area is 118 Å². The quantitative estimate of drug-likeness (QED) is 0.605. The lowest BCUT2D eigenvalue weighted by Gasteiger charge is -2.07. The van der Waals surface area contributed by atoms with E-state index in [9.17, 15) is 10.1 Å². The maximum Gasteiger partial charge on any atom is 0.296 e. The number of benzene rings is 1. The monoisotopic (exact) mass is 281 g/mol. The Morgan fingerprint density at radius 1 is 1.19 bits per heavy atom. The van der Waals surface area contributed by atoms with Gasteiger partial charge in [-0.3, -0.25) is 10.1 Å². The van der Waals surface area contributed by atoms with Gasteiger partial charge in [0.05, 0.1) is 10.5 Å². The van der Waals surface area contributed by atoms with Crippen LogP contribution in [0.5, 0.6) is 0 Å². The highest BCUT2D eigenvalue weighted by Crippen LogP contribution is 2.34. The SMILES string of the molecule is N#Cc1cccc(-c2nc(N)nc(N)c2C#N)c1[N+](=O)[O-]. The number of nitro benzene ring substituents is 1. The van der Waals surface area contributed by atoms with Gasteiger partial charge in [0.1, 0.15) is 34.8 Å². The summed E-state index contributed by atoms with van der Waals surface area (Å²) in [5.74, 6) is -0.408. The predicted molar refractivity (Wildman–Crippen MR) is 72.4 cm³/mol. The number of nitrogens with zero attached hydrogens (tertiary/aromatic N) is 5. The third kappa shape index (κ3) is 2.27. The van der Waals surface area contributed by atoms with Crippen molar-refractivity contribution in [3.8, 4) is 23.4 Å². The first-order valence-corrected chi connectivity index (χ1v) is 5.50. The van der Waals surface area contributed by atoms with Crippen LogP contribution in [0.25, 0.3) is 11.3 Å². The highest BCUT2D eigenvalue weighted by Gasteiger charge is 2.25. The molecule has 0 saturated heterocycles. The van der Waals surface area contributed by atoms with Crippen molar-refractivity contribution in [2.75, 3.05) is 11.5 Å². The van der Waals surface area contributed by atoms with Gasteiger partial charge in [0.25, 0.3) is 5.69 Å². The smallest absolute Gasteiger partial charge is 0.296 e. The second kappa shape index (κ2) is 5.11. The van der Waals surface area contributed by atoms with Crippen LogP contribution in [-0.2, 0) is 0 Å². The van der Waals surface area contributed by atoms with Gasteiger partial charge < -0.3 is 11.5 Å². The summed E-state index contributed by atoms with van der Waals surface area (Å²) in [4.78, 5) is 18.0. The molecule has 1 heterocycles. The second-order valence-corrected chi connectivity index (χ2v) is 3.87. The van der Waals surface area contributed by atoms with E-state index in [1.807, 2.05) is 0 Å². The van der Waals surface area contributed by atoms with Crippen molar-refractivity contribution in [3.05, 3.63) is 39.4 Å². The lowest BCUT2D eigenvalue weighted by Crippen LogP contribution is -2.06. The molecular formula is C12H7N7O2. The van der Waals surface area contributed by atoms with Crippen LogP contribution in [0.15, 0.2) is 18.2 Å². The van der Waals surface area contributed by atoms with Crippen molar-refractivity contribution in [3.63, 3.8) is 0 Å². The first-order valence-electron chi connectivity index (χ1n) is 5.50. The van der Waals surface area contributed by atoms with Crippen LogP contribution in [0.3, 0.4) is 0 Å². The van der Waals surface area contributed by atoms with Gasteiger partial charge >= 0.3 is 0 Å². The number of hydrogen-bond donors (Lipinski definition) is 2. The number of nitrogen functional groups attached to an aromatic ring is 2. The zero-order chi connectivity index (χ0) is 15.6. The Morgan fingerprint density at radius 3 is 2.48 bits per heavy atom. The molecule has 0 aliphatic rings. The van der Waals surface area contributed by atoms with Gasteiger partial charge in [-0.15, -0.1) is 0 Å². The predicted octanol–water partition coefficient (Wildman–Crippen LogP) is 0.960. The number of nitrogens with two attached hydrogens (primary N) is 2. The summed E-state index contributed by atoms with van der Waals surface area (Å²) < 4.78 is 0. The van der Waals surface area contributed by atoms with Crippen molar-refractivity contribution < 1.29 is 4.92 Å². The zero-order valence-corrected chi connectivity index (χ0v) is 10.4. The molecule has 1 aromatic carbocycles. The third-order valence-electron chi connectivity index (χ3n) is 2.66. The highest BCUT2D eigenvalue weighted by atomic mass is 16.6. The van der Waals surface area contributed by atoms with E-state index in [0.29, 0.717) is 0 Å². The molecule has 9 heteroatoms. The van der Waals surface area contributed by atoms with E-state index in [4.69, 9.17) is 22.0 Å². The van der Waals surface area contributed by atoms with Crippen molar-refractivity contribution >= 4 is 17.5 Å². The van der Waals surface area contributed by atoms with Gasteiger partial charge in [0.15, 0.2) is 0 Å². The summed E-state index contributed by atoms with van der Waals surface area (Å²) in [6.45, 7) is 0. The van der Waals surface area contributed by atoms with Crippen LogP contribution in [0.4, 0.5) is 17.5 Å². The largest absolute Gasteiger partial charge is 0.382 e. The van der Waals surface area contributed by atoms with Crippen LogP contribution >= 0.6 is 0 Å². The molecule has 0 bridgehead atoms. The van der Waals surface area contributed by atoms with Gasteiger partial charge in [0.2, 0.25) is 5.95 Å². The van der Waals surface area contributed by atoms with Gasteiger partial charge in [-0.05, 0) is 12.1 Å². The molecule has 0 atom stereocenters. The minimum Gasteiger partial charge on any atom is -0.382 e. The molecule has 0 aliphatic carbocycles. The highest BCUT2D eigenvalue weighted by molar-refractivity contribution is 5.81. The summed E-state index contributed by atoms with van der Waals surface area (Å²) in [6.07, 6.45) is 0. The summed E-state index contributed by atoms with van der Waals surface area (Å²) in [5, 5.41) is 29.3. The number of aromatic nitrogens is 2. The van der Waals surface area contributed by atoms with E-state index in [1.165, 1.54) is 18.2 Å². The minimum atomic E-state index is -0.719. The zero-order valence-electron chi connectivity index (χ0n) is 10.4. The van der Waals surface area contributed by atoms with Gasteiger partial charge in [0, 0.05) is 0 Å². The molecule has 0 unspecified atom stereocenters. The average molecular weight is 281 g/mol.